The molecule has 0 aliphatic carbocycles. The number of rotatable bonds is 6. The molecule has 2 atom stereocenters. The van der Waals surface area contributed by atoms with Gasteiger partial charge < -0.3 is 15.5 Å². The monoisotopic (exact) mass is 473 g/mol. The van der Waals surface area contributed by atoms with Crippen molar-refractivity contribution < 1.29 is 4.79 Å². The lowest BCUT2D eigenvalue weighted by molar-refractivity contribution is 0.249. The van der Waals surface area contributed by atoms with Crippen molar-refractivity contribution in [2.45, 2.75) is 32.2 Å². The number of aromatic nitrogens is 1. The summed E-state index contributed by atoms with van der Waals surface area (Å²) in [5, 5.41) is 11.6. The quantitative estimate of drug-likeness (QED) is 0.455. The average Bonchev–Trinajstić information content (AvgIpc) is 3.33. The van der Waals surface area contributed by atoms with Gasteiger partial charge in [0.1, 0.15) is 0 Å². The lowest BCUT2D eigenvalue weighted by atomic mass is 9.80. The molecule has 0 spiro atoms. The Kier molecular flexibility index (Phi) is 7.20. The van der Waals surface area contributed by atoms with Crippen LogP contribution in [0.25, 0.3) is 0 Å². The zero-order valence-corrected chi connectivity index (χ0v) is 20.7. The van der Waals surface area contributed by atoms with Gasteiger partial charge in [0.05, 0.1) is 17.2 Å². The van der Waals surface area contributed by atoms with Crippen molar-refractivity contribution >= 4 is 28.2 Å². The largest absolute Gasteiger partial charge is 0.369 e. The first kappa shape index (κ1) is 23.8. The number of carbonyl (C=O) groups is 1. The second kappa shape index (κ2) is 10.3. The van der Waals surface area contributed by atoms with E-state index in [1.807, 2.05) is 50.4 Å². The SMILES string of the molecule is C#C[C@@](C)(c1ccc(C)cc1)c1csc(NC(=O)NC(C)c2ccc(N3CCNCC3)cc2)n1. The highest BCUT2D eigenvalue weighted by molar-refractivity contribution is 7.14. The Balaban J connectivity index is 1.38. The Morgan fingerprint density at radius 1 is 1.18 bits per heavy atom. The van der Waals surface area contributed by atoms with Gasteiger partial charge in [-0.3, -0.25) is 5.32 Å². The molecule has 1 aliphatic rings. The van der Waals surface area contributed by atoms with Crippen molar-refractivity contribution in [2.24, 2.45) is 0 Å². The Morgan fingerprint density at radius 3 is 2.50 bits per heavy atom. The molecule has 0 saturated carbocycles. The molecule has 1 aliphatic heterocycles. The van der Waals surface area contributed by atoms with Crippen molar-refractivity contribution in [1.29, 1.82) is 0 Å². The summed E-state index contributed by atoms with van der Waals surface area (Å²) in [7, 11) is 0. The van der Waals surface area contributed by atoms with Gasteiger partial charge in [0, 0.05) is 37.2 Å². The van der Waals surface area contributed by atoms with Crippen LogP contribution in [0.4, 0.5) is 15.6 Å². The number of hydrogen-bond acceptors (Lipinski definition) is 5. The number of piperazine rings is 1. The summed E-state index contributed by atoms with van der Waals surface area (Å²) in [5.74, 6) is 2.89. The second-order valence-electron chi connectivity index (χ2n) is 8.82. The molecule has 2 heterocycles. The maximum Gasteiger partial charge on any atom is 0.321 e. The summed E-state index contributed by atoms with van der Waals surface area (Å²) >= 11 is 1.37. The first-order valence-electron chi connectivity index (χ1n) is 11.5. The third-order valence-electron chi connectivity index (χ3n) is 6.38. The van der Waals surface area contributed by atoms with Crippen LogP contribution in [0, 0.1) is 19.3 Å². The number of anilines is 2. The van der Waals surface area contributed by atoms with Crippen molar-refractivity contribution in [2.75, 3.05) is 36.4 Å². The third kappa shape index (κ3) is 5.24. The van der Waals surface area contributed by atoms with Gasteiger partial charge in [0.25, 0.3) is 0 Å². The van der Waals surface area contributed by atoms with E-state index in [0.29, 0.717) is 5.13 Å². The highest BCUT2D eigenvalue weighted by atomic mass is 32.1. The van der Waals surface area contributed by atoms with E-state index in [9.17, 15) is 4.79 Å². The van der Waals surface area contributed by atoms with Gasteiger partial charge in [-0.1, -0.05) is 47.9 Å². The second-order valence-corrected chi connectivity index (χ2v) is 9.68. The summed E-state index contributed by atoms with van der Waals surface area (Å²) < 4.78 is 0. The molecule has 3 aromatic rings. The van der Waals surface area contributed by atoms with Gasteiger partial charge in [-0.2, -0.15) is 0 Å². The number of aryl methyl sites for hydroxylation is 1. The Morgan fingerprint density at radius 2 is 1.85 bits per heavy atom. The van der Waals surface area contributed by atoms with E-state index in [4.69, 9.17) is 6.42 Å². The smallest absolute Gasteiger partial charge is 0.321 e. The highest BCUT2D eigenvalue weighted by Crippen LogP contribution is 2.33. The predicted octanol–water partition coefficient (Wildman–Crippen LogP) is 4.68. The maximum atomic E-state index is 12.6. The predicted molar refractivity (Wildman–Crippen MR) is 141 cm³/mol. The summed E-state index contributed by atoms with van der Waals surface area (Å²) in [4.78, 5) is 19.6. The lowest BCUT2D eigenvalue weighted by Gasteiger charge is -2.29. The van der Waals surface area contributed by atoms with Gasteiger partial charge in [-0.05, 0) is 44.0 Å². The van der Waals surface area contributed by atoms with Crippen LogP contribution in [0.1, 0.15) is 42.3 Å². The molecule has 1 aromatic heterocycles. The van der Waals surface area contributed by atoms with E-state index in [-0.39, 0.29) is 12.1 Å². The molecule has 7 heteroatoms. The van der Waals surface area contributed by atoms with Crippen molar-refractivity contribution in [1.82, 2.24) is 15.6 Å². The van der Waals surface area contributed by atoms with Crippen LogP contribution in [0.5, 0.6) is 0 Å². The number of terminal acetylenes is 1. The van der Waals surface area contributed by atoms with Crippen LogP contribution < -0.4 is 20.9 Å². The number of thiazole rings is 1. The Bertz CT molecular complexity index is 1160. The van der Waals surface area contributed by atoms with E-state index in [1.54, 1.807) is 0 Å². The van der Waals surface area contributed by atoms with Crippen LogP contribution >= 0.6 is 11.3 Å². The van der Waals surface area contributed by atoms with Crippen LogP contribution in [0.2, 0.25) is 0 Å². The fraction of sp³-hybridized carbons (Fsp3) is 0.333. The molecule has 34 heavy (non-hydrogen) atoms. The number of nitrogens with one attached hydrogen (secondary N) is 3. The Labute approximate surface area is 205 Å². The van der Waals surface area contributed by atoms with Crippen LogP contribution in [-0.2, 0) is 5.41 Å². The van der Waals surface area contributed by atoms with E-state index >= 15 is 0 Å². The van der Waals surface area contributed by atoms with Crippen LogP contribution in [0.3, 0.4) is 0 Å². The molecule has 1 fully saturated rings. The first-order valence-corrected chi connectivity index (χ1v) is 12.4. The normalized spacial score (nSPS) is 16.2. The van der Waals surface area contributed by atoms with Gasteiger partial charge in [-0.15, -0.1) is 17.8 Å². The number of carbonyl (C=O) groups excluding carboxylic acids is 1. The summed E-state index contributed by atoms with van der Waals surface area (Å²) in [6, 6.07) is 16.1. The summed E-state index contributed by atoms with van der Waals surface area (Å²) in [5.41, 5.74) is 4.51. The van der Waals surface area contributed by atoms with Gasteiger partial charge in [0.2, 0.25) is 0 Å². The maximum absolute atomic E-state index is 12.6. The molecular weight excluding hydrogens is 442 g/mol. The minimum atomic E-state index is -0.667. The van der Waals surface area contributed by atoms with Gasteiger partial charge in [0.15, 0.2) is 5.13 Å². The molecule has 1 saturated heterocycles. The number of benzene rings is 2. The molecular formula is C27H31N5OS. The molecule has 0 bridgehead atoms. The number of amides is 2. The summed E-state index contributed by atoms with van der Waals surface area (Å²) in [6.07, 6.45) is 5.92. The van der Waals surface area contributed by atoms with E-state index in [0.717, 1.165) is 43.0 Å². The van der Waals surface area contributed by atoms with E-state index < -0.39 is 5.41 Å². The minimum absolute atomic E-state index is 0.139. The average molecular weight is 474 g/mol. The van der Waals surface area contributed by atoms with Crippen LogP contribution in [-0.4, -0.2) is 37.2 Å². The highest BCUT2D eigenvalue weighted by Gasteiger charge is 2.29. The zero-order valence-electron chi connectivity index (χ0n) is 19.9. The topological polar surface area (TPSA) is 69.3 Å². The lowest BCUT2D eigenvalue weighted by Crippen LogP contribution is -2.43. The van der Waals surface area contributed by atoms with Crippen molar-refractivity contribution in [3.05, 3.63) is 76.3 Å². The molecule has 3 N–H and O–H groups in total. The standard InChI is InChI=1S/C27H31N5OS/c1-5-27(4,22-10-6-19(2)7-11-22)24-18-34-26(30-24)31-25(33)29-20(3)21-8-12-23(13-9-21)32-16-14-28-15-17-32/h1,6-13,18,20,28H,14-17H2,2-4H3,(H2,29,30,31,33)/t20?,27-/m0/s1. The fourth-order valence-electron chi connectivity index (χ4n) is 4.06. The van der Waals surface area contributed by atoms with E-state index in [1.165, 1.54) is 22.6 Å². The van der Waals surface area contributed by atoms with Crippen molar-refractivity contribution in [3.63, 3.8) is 0 Å². The van der Waals surface area contributed by atoms with Gasteiger partial charge >= 0.3 is 6.03 Å². The van der Waals surface area contributed by atoms with Crippen LogP contribution in [0.15, 0.2) is 53.9 Å². The fourth-order valence-corrected chi connectivity index (χ4v) is 4.88. The number of nitrogens with zero attached hydrogens (tertiary/aromatic N) is 2. The zero-order chi connectivity index (χ0) is 24.1. The summed E-state index contributed by atoms with van der Waals surface area (Å²) in [6.45, 7) is 10.0. The van der Waals surface area contributed by atoms with E-state index in [2.05, 4.69) is 56.0 Å². The number of urea groups is 1. The molecule has 2 aromatic carbocycles. The Hall–Kier alpha value is -3.34. The number of hydrogen-bond donors (Lipinski definition) is 3. The molecule has 2 amide bonds. The van der Waals surface area contributed by atoms with Gasteiger partial charge in [-0.25, -0.2) is 9.78 Å². The molecule has 4 rings (SSSR count). The minimum Gasteiger partial charge on any atom is -0.369 e. The third-order valence-corrected chi connectivity index (χ3v) is 7.14. The molecule has 6 nitrogen and oxygen atoms in total. The first-order chi connectivity index (χ1) is 16.4. The molecule has 176 valence electrons. The molecule has 0 radical (unpaired) electrons. The van der Waals surface area contributed by atoms with Crippen molar-refractivity contribution in [3.8, 4) is 12.3 Å². The molecule has 1 unspecified atom stereocenters.